The number of rotatable bonds is 9. The van der Waals surface area contributed by atoms with Crippen LogP contribution in [-0.2, 0) is 4.79 Å². The number of nitrogens with one attached hydrogen (secondary N) is 1. The summed E-state index contributed by atoms with van der Waals surface area (Å²) in [4.78, 5) is 25.5. The molecule has 0 saturated heterocycles. The molecule has 0 atom stereocenters. The van der Waals surface area contributed by atoms with Gasteiger partial charge in [0, 0.05) is 19.7 Å². The molecule has 0 fully saturated rings. The number of hydrogen-bond acceptors (Lipinski definition) is 7. The summed E-state index contributed by atoms with van der Waals surface area (Å²) in [5.41, 5.74) is 3.46. The molecule has 0 spiro atoms. The summed E-state index contributed by atoms with van der Waals surface area (Å²) >= 11 is 3.41. The SMILES string of the molecule is COc1ccc(C(=O)N/N=C/c2cc(Br)c(OCC(=O)N(C)C)c(OC)c2)cc1OC. The van der Waals surface area contributed by atoms with Gasteiger partial charge in [-0.3, -0.25) is 9.59 Å². The van der Waals surface area contributed by atoms with E-state index in [1.54, 1.807) is 44.4 Å². The number of nitrogens with zero attached hydrogens (tertiary/aromatic N) is 2. The molecule has 0 aliphatic heterocycles. The van der Waals surface area contributed by atoms with Crippen LogP contribution in [0.1, 0.15) is 15.9 Å². The zero-order chi connectivity index (χ0) is 23.0. The van der Waals surface area contributed by atoms with E-state index in [-0.39, 0.29) is 12.5 Å². The molecule has 2 amide bonds. The fourth-order valence-electron chi connectivity index (χ4n) is 2.42. The highest BCUT2D eigenvalue weighted by atomic mass is 79.9. The van der Waals surface area contributed by atoms with Crippen LogP contribution in [0.25, 0.3) is 0 Å². The monoisotopic (exact) mass is 493 g/mol. The van der Waals surface area contributed by atoms with Crippen molar-refractivity contribution in [3.8, 4) is 23.0 Å². The maximum atomic E-state index is 12.3. The van der Waals surface area contributed by atoms with Gasteiger partial charge in [0.25, 0.3) is 11.8 Å². The molecule has 0 heterocycles. The molecule has 0 aliphatic rings. The maximum absolute atomic E-state index is 12.3. The van der Waals surface area contributed by atoms with Gasteiger partial charge in [-0.05, 0) is 51.8 Å². The van der Waals surface area contributed by atoms with E-state index in [0.29, 0.717) is 38.6 Å². The van der Waals surface area contributed by atoms with Crippen LogP contribution in [0, 0.1) is 0 Å². The van der Waals surface area contributed by atoms with Gasteiger partial charge >= 0.3 is 0 Å². The number of methoxy groups -OCH3 is 3. The Morgan fingerprint density at radius 2 is 1.71 bits per heavy atom. The number of likely N-dealkylation sites (N-methyl/N-ethyl adjacent to an activating group) is 1. The van der Waals surface area contributed by atoms with Crippen molar-refractivity contribution in [3.63, 3.8) is 0 Å². The highest BCUT2D eigenvalue weighted by Crippen LogP contribution is 2.36. The number of halogens is 1. The lowest BCUT2D eigenvalue weighted by atomic mass is 10.2. The highest BCUT2D eigenvalue weighted by molar-refractivity contribution is 9.10. The van der Waals surface area contributed by atoms with E-state index >= 15 is 0 Å². The van der Waals surface area contributed by atoms with E-state index in [1.807, 2.05) is 0 Å². The van der Waals surface area contributed by atoms with Gasteiger partial charge in [-0.1, -0.05) is 0 Å². The molecule has 9 nitrogen and oxygen atoms in total. The number of hydrogen-bond donors (Lipinski definition) is 1. The van der Waals surface area contributed by atoms with Crippen molar-refractivity contribution in [1.29, 1.82) is 0 Å². The molecule has 31 heavy (non-hydrogen) atoms. The van der Waals surface area contributed by atoms with Crippen LogP contribution in [0.3, 0.4) is 0 Å². The smallest absolute Gasteiger partial charge is 0.271 e. The van der Waals surface area contributed by atoms with Crippen molar-refractivity contribution in [3.05, 3.63) is 45.9 Å². The first-order valence-electron chi connectivity index (χ1n) is 9.06. The maximum Gasteiger partial charge on any atom is 0.271 e. The Kier molecular flexibility index (Phi) is 8.68. The Bertz CT molecular complexity index is 978. The van der Waals surface area contributed by atoms with Crippen LogP contribution in [-0.4, -0.2) is 65.0 Å². The first-order valence-corrected chi connectivity index (χ1v) is 9.85. The molecule has 1 N–H and O–H groups in total. The second-order valence-corrected chi connectivity index (χ2v) is 7.23. The molecular formula is C21H24BrN3O6. The van der Waals surface area contributed by atoms with E-state index < -0.39 is 5.91 Å². The van der Waals surface area contributed by atoms with Gasteiger partial charge in [0.2, 0.25) is 0 Å². The summed E-state index contributed by atoms with van der Waals surface area (Å²) in [5.74, 6) is 1.17. The van der Waals surface area contributed by atoms with Crippen molar-refractivity contribution >= 4 is 34.0 Å². The van der Waals surface area contributed by atoms with E-state index in [4.69, 9.17) is 18.9 Å². The molecule has 0 bridgehead atoms. The number of carbonyl (C=O) groups is 2. The molecule has 0 saturated carbocycles. The average molecular weight is 494 g/mol. The van der Waals surface area contributed by atoms with Gasteiger partial charge in [-0.2, -0.15) is 5.10 Å². The van der Waals surface area contributed by atoms with Gasteiger partial charge in [-0.25, -0.2) is 5.43 Å². The molecule has 0 unspecified atom stereocenters. The minimum absolute atomic E-state index is 0.128. The van der Waals surface area contributed by atoms with Crippen LogP contribution >= 0.6 is 15.9 Å². The van der Waals surface area contributed by atoms with E-state index in [9.17, 15) is 9.59 Å². The van der Waals surface area contributed by atoms with Crippen molar-refractivity contribution in [2.24, 2.45) is 5.10 Å². The second-order valence-electron chi connectivity index (χ2n) is 6.38. The van der Waals surface area contributed by atoms with E-state index in [1.165, 1.54) is 32.4 Å². The Morgan fingerprint density at radius 3 is 2.32 bits per heavy atom. The van der Waals surface area contributed by atoms with Crippen molar-refractivity contribution in [2.45, 2.75) is 0 Å². The number of ether oxygens (including phenoxy) is 4. The topological polar surface area (TPSA) is 98.7 Å². The summed E-state index contributed by atoms with van der Waals surface area (Å²) in [6, 6.07) is 8.20. The Morgan fingerprint density at radius 1 is 1.03 bits per heavy atom. The average Bonchev–Trinajstić information content (AvgIpc) is 2.76. The third-order valence-electron chi connectivity index (χ3n) is 4.12. The lowest BCUT2D eigenvalue weighted by Crippen LogP contribution is -2.27. The molecule has 0 aromatic heterocycles. The predicted octanol–water partition coefficient (Wildman–Crippen LogP) is 2.71. The standard InChI is InChI=1S/C21H24BrN3O6/c1-25(2)19(26)12-31-20-15(22)8-13(9-18(20)30-5)11-23-24-21(27)14-6-7-16(28-3)17(10-14)29-4/h6-11H,12H2,1-5H3,(H,24,27)/b23-11+. The Hall–Kier alpha value is -3.27. The van der Waals surface area contributed by atoms with Gasteiger partial charge in [-0.15, -0.1) is 0 Å². The molecule has 2 rings (SSSR count). The molecule has 10 heteroatoms. The van der Waals surface area contributed by atoms with Crippen molar-refractivity contribution in [2.75, 3.05) is 42.0 Å². The third-order valence-corrected chi connectivity index (χ3v) is 4.71. The lowest BCUT2D eigenvalue weighted by molar-refractivity contribution is -0.130. The molecule has 166 valence electrons. The molecule has 2 aromatic carbocycles. The van der Waals surface area contributed by atoms with Crippen LogP contribution in [0.5, 0.6) is 23.0 Å². The minimum atomic E-state index is -0.412. The van der Waals surface area contributed by atoms with Crippen LogP contribution in [0.15, 0.2) is 39.9 Å². The largest absolute Gasteiger partial charge is 0.493 e. The van der Waals surface area contributed by atoms with E-state index in [0.717, 1.165) is 0 Å². The van der Waals surface area contributed by atoms with E-state index in [2.05, 4.69) is 26.5 Å². The summed E-state index contributed by atoms with van der Waals surface area (Å²) in [7, 11) is 7.79. The fraction of sp³-hybridized carbons (Fsp3) is 0.286. The zero-order valence-electron chi connectivity index (χ0n) is 17.9. The summed E-state index contributed by atoms with van der Waals surface area (Å²) in [5, 5.41) is 3.99. The van der Waals surface area contributed by atoms with Gasteiger partial charge in [0.1, 0.15) is 0 Å². The molecule has 2 aromatic rings. The predicted molar refractivity (Wildman–Crippen MR) is 119 cm³/mol. The lowest BCUT2D eigenvalue weighted by Gasteiger charge is -2.15. The van der Waals surface area contributed by atoms with Crippen LogP contribution < -0.4 is 24.4 Å². The van der Waals surface area contributed by atoms with Crippen molar-refractivity contribution < 1.29 is 28.5 Å². The number of carbonyl (C=O) groups excluding carboxylic acids is 2. The normalized spacial score (nSPS) is 10.5. The quantitative estimate of drug-likeness (QED) is 0.425. The van der Waals surface area contributed by atoms with Gasteiger partial charge < -0.3 is 23.8 Å². The van der Waals surface area contributed by atoms with Crippen LogP contribution in [0.2, 0.25) is 0 Å². The van der Waals surface area contributed by atoms with Gasteiger partial charge in [0.15, 0.2) is 29.6 Å². The van der Waals surface area contributed by atoms with Gasteiger partial charge in [0.05, 0.1) is 32.0 Å². The summed E-state index contributed by atoms with van der Waals surface area (Å²) < 4.78 is 21.9. The molecule has 0 radical (unpaired) electrons. The second kappa shape index (κ2) is 11.2. The first-order chi connectivity index (χ1) is 14.8. The molecular weight excluding hydrogens is 470 g/mol. The zero-order valence-corrected chi connectivity index (χ0v) is 19.5. The number of hydrazone groups is 1. The fourth-order valence-corrected chi connectivity index (χ4v) is 3.00. The van der Waals surface area contributed by atoms with Crippen molar-refractivity contribution in [1.82, 2.24) is 10.3 Å². The minimum Gasteiger partial charge on any atom is -0.493 e. The number of amides is 2. The summed E-state index contributed by atoms with van der Waals surface area (Å²) in [6.45, 7) is -0.128. The summed E-state index contributed by atoms with van der Waals surface area (Å²) in [6.07, 6.45) is 1.46. The highest BCUT2D eigenvalue weighted by Gasteiger charge is 2.14. The number of benzene rings is 2. The first kappa shape index (κ1) is 24.0. The third kappa shape index (κ3) is 6.35. The van der Waals surface area contributed by atoms with Crippen LogP contribution in [0.4, 0.5) is 0 Å². The Balaban J connectivity index is 2.11. The molecule has 0 aliphatic carbocycles. The Labute approximate surface area is 189 Å².